The number of nitrogens with zero attached hydrogens (tertiary/aromatic N) is 1. The van der Waals surface area contributed by atoms with Crippen LogP contribution >= 0.6 is 11.8 Å². The van der Waals surface area contributed by atoms with Crippen molar-refractivity contribution in [3.63, 3.8) is 0 Å². The molecule has 0 aliphatic rings. The second kappa shape index (κ2) is 8.39. The molecule has 1 aromatic carbocycles. The van der Waals surface area contributed by atoms with Crippen LogP contribution in [-0.4, -0.2) is 41.1 Å². The van der Waals surface area contributed by atoms with E-state index < -0.39 is 0 Å². The Labute approximate surface area is 151 Å². The first kappa shape index (κ1) is 21.0. The molecule has 0 aliphatic heterocycles. The number of aliphatic hydroxyl groups is 1. The minimum absolute atomic E-state index is 0.00841. The van der Waals surface area contributed by atoms with Crippen molar-refractivity contribution in [2.75, 3.05) is 18.6 Å². The van der Waals surface area contributed by atoms with Gasteiger partial charge in [0.05, 0.1) is 12.6 Å². The zero-order valence-corrected chi connectivity index (χ0v) is 17.0. The molecule has 0 saturated heterocycles. The molecule has 4 heteroatoms. The number of aliphatic hydroxyl groups excluding tert-OH is 1. The predicted octanol–water partition coefficient (Wildman–Crippen LogP) is 4.52. The van der Waals surface area contributed by atoms with Crippen molar-refractivity contribution in [2.24, 2.45) is 4.99 Å². The highest BCUT2D eigenvalue weighted by atomic mass is 32.2. The van der Waals surface area contributed by atoms with Gasteiger partial charge in [0.2, 0.25) is 0 Å². The molecule has 0 unspecified atom stereocenters. The van der Waals surface area contributed by atoms with Gasteiger partial charge in [-0.15, -0.1) is 0 Å². The van der Waals surface area contributed by atoms with Gasteiger partial charge in [0, 0.05) is 17.3 Å². The number of aliphatic imine (C=N–C) groups is 1. The third-order valence-corrected chi connectivity index (χ3v) is 4.75. The Morgan fingerprint density at radius 2 is 1.75 bits per heavy atom. The highest BCUT2D eigenvalue weighted by Gasteiger charge is 2.24. The maximum absolute atomic E-state index is 10.7. The fraction of sp³-hybridized carbons (Fsp3) is 0.650. The van der Waals surface area contributed by atoms with E-state index in [2.05, 4.69) is 52.6 Å². The van der Waals surface area contributed by atoms with Crippen LogP contribution in [0.5, 0.6) is 5.75 Å². The predicted molar refractivity (Wildman–Crippen MR) is 107 cm³/mol. The summed E-state index contributed by atoms with van der Waals surface area (Å²) in [6, 6.07) is 3.99. The van der Waals surface area contributed by atoms with Crippen LogP contribution in [0.3, 0.4) is 0 Å². The Balaban J connectivity index is 3.31. The van der Waals surface area contributed by atoms with Crippen LogP contribution in [0.4, 0.5) is 0 Å². The van der Waals surface area contributed by atoms with Crippen molar-refractivity contribution < 1.29 is 10.2 Å². The summed E-state index contributed by atoms with van der Waals surface area (Å²) < 4.78 is 0. The molecule has 0 aromatic heterocycles. The van der Waals surface area contributed by atoms with Gasteiger partial charge in [-0.3, -0.25) is 4.99 Å². The molecule has 0 spiro atoms. The molecule has 0 saturated carbocycles. The van der Waals surface area contributed by atoms with Crippen LogP contribution in [0.15, 0.2) is 17.1 Å². The molecule has 2 N–H and O–H groups in total. The molecule has 0 radical (unpaired) electrons. The molecular weight excluding hydrogens is 318 g/mol. The van der Waals surface area contributed by atoms with E-state index in [1.807, 2.05) is 12.3 Å². The Bertz CT molecular complexity index is 568. The average Bonchev–Trinajstić information content (AvgIpc) is 2.46. The second-order valence-corrected chi connectivity index (χ2v) is 9.34. The Hall–Kier alpha value is -1.00. The summed E-state index contributed by atoms with van der Waals surface area (Å²) in [6.45, 7) is 12.8. The first-order valence-electron chi connectivity index (χ1n) is 8.51. The summed E-state index contributed by atoms with van der Waals surface area (Å²) in [5, 5.41) is 20.2. The molecule has 24 heavy (non-hydrogen) atoms. The molecule has 0 heterocycles. The Kier molecular flexibility index (Phi) is 7.36. The lowest BCUT2D eigenvalue weighted by molar-refractivity contribution is 0.265. The smallest absolute Gasteiger partial charge is 0.128 e. The van der Waals surface area contributed by atoms with Gasteiger partial charge in [-0.1, -0.05) is 47.6 Å². The standard InChI is InChI=1S/C20H33NO2S/c1-19(2,3)15-10-14(12-21-16(13-22)8-9-24-7)18(23)17(11-15)20(4,5)6/h10-12,16,22-23H,8-9,13H2,1-7H3/t16-/m0/s1. The van der Waals surface area contributed by atoms with Gasteiger partial charge in [-0.05, 0) is 40.9 Å². The van der Waals surface area contributed by atoms with E-state index in [0.717, 1.165) is 23.3 Å². The summed E-state index contributed by atoms with van der Waals surface area (Å²) in [6.07, 6.45) is 4.60. The minimum Gasteiger partial charge on any atom is -0.507 e. The van der Waals surface area contributed by atoms with Crippen molar-refractivity contribution in [1.29, 1.82) is 0 Å². The molecule has 1 rings (SSSR count). The van der Waals surface area contributed by atoms with Crippen molar-refractivity contribution in [3.8, 4) is 5.75 Å². The SMILES string of the molecule is CSCC[C@@H](CO)N=Cc1cc(C(C)(C)C)cc(C(C)(C)C)c1O. The molecule has 1 aromatic rings. The van der Waals surface area contributed by atoms with Crippen LogP contribution in [0.1, 0.15) is 64.7 Å². The van der Waals surface area contributed by atoms with Gasteiger partial charge < -0.3 is 10.2 Å². The van der Waals surface area contributed by atoms with Crippen LogP contribution in [0.25, 0.3) is 0 Å². The Morgan fingerprint density at radius 3 is 2.21 bits per heavy atom. The minimum atomic E-state index is -0.150. The monoisotopic (exact) mass is 351 g/mol. The largest absolute Gasteiger partial charge is 0.507 e. The van der Waals surface area contributed by atoms with Gasteiger partial charge in [0.25, 0.3) is 0 Å². The first-order valence-corrected chi connectivity index (χ1v) is 9.91. The number of hydrogen-bond donors (Lipinski definition) is 2. The van der Waals surface area contributed by atoms with Crippen LogP contribution in [0, 0.1) is 0 Å². The average molecular weight is 352 g/mol. The van der Waals surface area contributed by atoms with E-state index in [9.17, 15) is 10.2 Å². The maximum atomic E-state index is 10.7. The lowest BCUT2D eigenvalue weighted by atomic mass is 9.79. The van der Waals surface area contributed by atoms with Gasteiger partial charge in [0.1, 0.15) is 5.75 Å². The molecular formula is C20H33NO2S. The van der Waals surface area contributed by atoms with Gasteiger partial charge in [-0.2, -0.15) is 11.8 Å². The summed E-state index contributed by atoms with van der Waals surface area (Å²) >= 11 is 1.75. The third-order valence-electron chi connectivity index (χ3n) is 4.10. The van der Waals surface area contributed by atoms with Crippen LogP contribution in [-0.2, 0) is 10.8 Å². The normalized spacial score (nSPS) is 14.3. The molecule has 1 atom stereocenters. The van der Waals surface area contributed by atoms with E-state index >= 15 is 0 Å². The fourth-order valence-corrected chi connectivity index (χ4v) is 2.92. The Morgan fingerprint density at radius 1 is 1.12 bits per heavy atom. The highest BCUT2D eigenvalue weighted by molar-refractivity contribution is 7.98. The summed E-state index contributed by atoms with van der Waals surface area (Å²) in [5.74, 6) is 1.25. The molecule has 3 nitrogen and oxygen atoms in total. The lowest BCUT2D eigenvalue weighted by Gasteiger charge is -2.27. The number of rotatable bonds is 6. The molecule has 0 bridgehead atoms. The van der Waals surface area contributed by atoms with Crippen molar-refractivity contribution >= 4 is 18.0 Å². The van der Waals surface area contributed by atoms with Crippen molar-refractivity contribution in [1.82, 2.24) is 0 Å². The third kappa shape index (κ3) is 5.82. The summed E-state index contributed by atoms with van der Waals surface area (Å²) in [5.41, 5.74) is 2.68. The molecule has 0 aliphatic carbocycles. The number of thioether (sulfide) groups is 1. The topological polar surface area (TPSA) is 52.8 Å². The maximum Gasteiger partial charge on any atom is 0.128 e. The number of benzene rings is 1. The second-order valence-electron chi connectivity index (χ2n) is 8.36. The number of phenolic OH excluding ortho intramolecular Hbond substituents is 1. The molecule has 136 valence electrons. The van der Waals surface area contributed by atoms with Crippen molar-refractivity contribution in [2.45, 2.75) is 64.8 Å². The number of hydrogen-bond acceptors (Lipinski definition) is 4. The summed E-state index contributed by atoms with van der Waals surface area (Å²) in [4.78, 5) is 4.51. The number of phenols is 1. The van der Waals surface area contributed by atoms with E-state index in [0.29, 0.717) is 5.75 Å². The first-order chi connectivity index (χ1) is 11.0. The number of aromatic hydroxyl groups is 1. The van der Waals surface area contributed by atoms with Crippen molar-refractivity contribution in [3.05, 3.63) is 28.8 Å². The highest BCUT2D eigenvalue weighted by Crippen LogP contribution is 2.37. The van der Waals surface area contributed by atoms with E-state index in [-0.39, 0.29) is 23.5 Å². The molecule has 0 amide bonds. The zero-order chi connectivity index (χ0) is 18.5. The van der Waals surface area contributed by atoms with Gasteiger partial charge >= 0.3 is 0 Å². The van der Waals surface area contributed by atoms with Crippen LogP contribution < -0.4 is 0 Å². The lowest BCUT2D eigenvalue weighted by Crippen LogP contribution is -2.18. The van der Waals surface area contributed by atoms with Crippen LogP contribution in [0.2, 0.25) is 0 Å². The quantitative estimate of drug-likeness (QED) is 0.741. The van der Waals surface area contributed by atoms with Gasteiger partial charge in [0.15, 0.2) is 0 Å². The summed E-state index contributed by atoms with van der Waals surface area (Å²) in [7, 11) is 0. The van der Waals surface area contributed by atoms with Gasteiger partial charge in [-0.25, -0.2) is 0 Å². The fourth-order valence-electron chi connectivity index (χ4n) is 2.41. The van der Waals surface area contributed by atoms with E-state index in [1.54, 1.807) is 18.0 Å². The van der Waals surface area contributed by atoms with E-state index in [4.69, 9.17) is 0 Å². The zero-order valence-electron chi connectivity index (χ0n) is 16.2. The molecule has 0 fully saturated rings. The van der Waals surface area contributed by atoms with E-state index in [1.165, 1.54) is 5.56 Å².